The van der Waals surface area contributed by atoms with Gasteiger partial charge < -0.3 is 15.3 Å². The summed E-state index contributed by atoms with van der Waals surface area (Å²) in [6, 6.07) is 2.25. The number of carbonyl (C=O) groups excluding carboxylic acids is 1. The first-order valence-electron chi connectivity index (χ1n) is 8.67. The van der Waals surface area contributed by atoms with Crippen molar-refractivity contribution in [1.82, 2.24) is 20.0 Å². The number of aliphatic hydroxyl groups is 1. The molecule has 130 valence electrons. The monoisotopic (exact) mass is 322 g/mol. The van der Waals surface area contributed by atoms with Crippen molar-refractivity contribution in [2.75, 3.05) is 19.7 Å². The smallest absolute Gasteiger partial charge is 0.317 e. The lowest BCUT2D eigenvalue weighted by Gasteiger charge is -2.35. The molecule has 6 nitrogen and oxygen atoms in total. The van der Waals surface area contributed by atoms with Crippen LogP contribution in [0.2, 0.25) is 0 Å². The van der Waals surface area contributed by atoms with Crippen molar-refractivity contribution in [1.29, 1.82) is 0 Å². The van der Waals surface area contributed by atoms with Crippen LogP contribution in [0.1, 0.15) is 44.0 Å². The Labute approximate surface area is 138 Å². The number of nitrogens with one attached hydrogen (secondary N) is 1. The zero-order chi connectivity index (χ0) is 16.8. The van der Waals surface area contributed by atoms with E-state index in [2.05, 4.69) is 30.3 Å². The molecule has 2 atom stereocenters. The van der Waals surface area contributed by atoms with Gasteiger partial charge in [-0.05, 0) is 51.5 Å². The van der Waals surface area contributed by atoms with E-state index in [-0.39, 0.29) is 18.7 Å². The van der Waals surface area contributed by atoms with Crippen molar-refractivity contribution in [2.24, 2.45) is 5.92 Å². The highest BCUT2D eigenvalue weighted by atomic mass is 16.3. The Balaban J connectivity index is 1.81. The minimum absolute atomic E-state index is 0.00312. The Morgan fingerprint density at radius 1 is 1.48 bits per heavy atom. The van der Waals surface area contributed by atoms with Gasteiger partial charge in [0.25, 0.3) is 0 Å². The van der Waals surface area contributed by atoms with E-state index >= 15 is 0 Å². The normalized spacial score (nSPS) is 19.7. The number of rotatable bonds is 6. The van der Waals surface area contributed by atoms with Gasteiger partial charge in [-0.1, -0.05) is 6.92 Å². The molecule has 2 rings (SSSR count). The Hall–Kier alpha value is -1.56. The Bertz CT molecular complexity index is 513. The van der Waals surface area contributed by atoms with Crippen LogP contribution in [0.3, 0.4) is 0 Å². The van der Waals surface area contributed by atoms with Gasteiger partial charge in [-0.15, -0.1) is 0 Å². The Morgan fingerprint density at radius 3 is 2.91 bits per heavy atom. The van der Waals surface area contributed by atoms with Crippen molar-refractivity contribution >= 4 is 6.03 Å². The summed E-state index contributed by atoms with van der Waals surface area (Å²) < 4.78 is 2.00. The number of aryl methyl sites for hydroxylation is 2. The van der Waals surface area contributed by atoms with Crippen LogP contribution in [0, 0.1) is 19.8 Å². The highest BCUT2D eigenvalue weighted by molar-refractivity contribution is 5.74. The number of hydrogen-bond donors (Lipinski definition) is 2. The predicted octanol–water partition coefficient (Wildman–Crippen LogP) is 2.08. The highest BCUT2D eigenvalue weighted by Crippen LogP contribution is 2.19. The topological polar surface area (TPSA) is 70.4 Å². The van der Waals surface area contributed by atoms with Crippen molar-refractivity contribution in [2.45, 2.75) is 59.0 Å². The predicted molar refractivity (Wildman–Crippen MR) is 90.3 cm³/mol. The van der Waals surface area contributed by atoms with E-state index in [1.165, 1.54) is 0 Å². The van der Waals surface area contributed by atoms with Gasteiger partial charge >= 0.3 is 6.03 Å². The molecule has 1 aliphatic rings. The van der Waals surface area contributed by atoms with Crippen LogP contribution in [0.5, 0.6) is 0 Å². The third-order valence-electron chi connectivity index (χ3n) is 4.54. The molecule has 1 saturated heterocycles. The number of nitrogens with zero attached hydrogens (tertiary/aromatic N) is 3. The van der Waals surface area contributed by atoms with Gasteiger partial charge in [0.1, 0.15) is 0 Å². The van der Waals surface area contributed by atoms with Crippen LogP contribution in [0.15, 0.2) is 6.07 Å². The second kappa shape index (κ2) is 8.34. The summed E-state index contributed by atoms with van der Waals surface area (Å²) in [6.45, 7) is 8.55. The SMILES string of the molecule is Cc1cc(C)n(CC(C)CNC(=O)N2CCCCC2CCO)n1. The third kappa shape index (κ3) is 4.96. The molecule has 2 amide bonds. The van der Waals surface area contributed by atoms with E-state index in [0.717, 1.165) is 43.7 Å². The zero-order valence-electron chi connectivity index (χ0n) is 14.6. The molecule has 1 aromatic rings. The van der Waals surface area contributed by atoms with Gasteiger partial charge in [0, 0.05) is 38.0 Å². The fraction of sp³-hybridized carbons (Fsp3) is 0.765. The largest absolute Gasteiger partial charge is 0.396 e. The van der Waals surface area contributed by atoms with Crippen molar-refractivity contribution < 1.29 is 9.90 Å². The average molecular weight is 322 g/mol. The molecule has 1 fully saturated rings. The molecule has 2 N–H and O–H groups in total. The van der Waals surface area contributed by atoms with Gasteiger partial charge in [0.05, 0.1) is 5.69 Å². The summed E-state index contributed by atoms with van der Waals surface area (Å²) in [6.07, 6.45) is 3.86. The summed E-state index contributed by atoms with van der Waals surface area (Å²) >= 11 is 0. The number of amides is 2. The molecular formula is C17H30N4O2. The molecule has 0 aliphatic carbocycles. The second-order valence-corrected chi connectivity index (χ2v) is 6.76. The minimum atomic E-state index is 0.00312. The summed E-state index contributed by atoms with van der Waals surface area (Å²) in [4.78, 5) is 14.3. The summed E-state index contributed by atoms with van der Waals surface area (Å²) in [5.41, 5.74) is 2.18. The molecule has 23 heavy (non-hydrogen) atoms. The van der Waals surface area contributed by atoms with Crippen LogP contribution < -0.4 is 5.32 Å². The second-order valence-electron chi connectivity index (χ2n) is 6.76. The first-order valence-corrected chi connectivity index (χ1v) is 8.67. The molecule has 0 radical (unpaired) electrons. The van der Waals surface area contributed by atoms with Crippen LogP contribution in [-0.2, 0) is 6.54 Å². The van der Waals surface area contributed by atoms with E-state index in [0.29, 0.717) is 18.9 Å². The quantitative estimate of drug-likeness (QED) is 0.842. The highest BCUT2D eigenvalue weighted by Gasteiger charge is 2.26. The van der Waals surface area contributed by atoms with Crippen molar-refractivity contribution in [3.63, 3.8) is 0 Å². The molecule has 1 aliphatic heterocycles. The summed E-state index contributed by atoms with van der Waals surface area (Å²) in [5, 5.41) is 16.7. The zero-order valence-corrected chi connectivity index (χ0v) is 14.6. The van der Waals surface area contributed by atoms with Gasteiger partial charge in [-0.3, -0.25) is 4.68 Å². The number of hydrogen-bond acceptors (Lipinski definition) is 3. The molecule has 6 heteroatoms. The standard InChI is InChI=1S/C17H30N4O2/c1-13(12-21-15(3)10-14(2)19-21)11-18-17(23)20-8-5-4-6-16(20)7-9-22/h10,13,16,22H,4-9,11-12H2,1-3H3,(H,18,23). The number of piperidine rings is 1. The third-order valence-corrected chi connectivity index (χ3v) is 4.54. The fourth-order valence-electron chi connectivity index (χ4n) is 3.30. The molecule has 2 heterocycles. The maximum absolute atomic E-state index is 12.4. The van der Waals surface area contributed by atoms with Gasteiger partial charge in [-0.2, -0.15) is 5.10 Å². The first-order chi connectivity index (χ1) is 11.0. The van der Waals surface area contributed by atoms with Crippen LogP contribution in [0.4, 0.5) is 4.79 Å². The number of carbonyl (C=O) groups is 1. The maximum Gasteiger partial charge on any atom is 0.317 e. The number of likely N-dealkylation sites (tertiary alicyclic amines) is 1. The molecule has 0 aromatic carbocycles. The van der Waals surface area contributed by atoms with Crippen molar-refractivity contribution in [3.05, 3.63) is 17.5 Å². The Kier molecular flexibility index (Phi) is 6.45. The lowest BCUT2D eigenvalue weighted by atomic mass is 10.00. The maximum atomic E-state index is 12.4. The molecular weight excluding hydrogens is 292 g/mol. The van der Waals surface area contributed by atoms with Crippen LogP contribution >= 0.6 is 0 Å². The number of urea groups is 1. The molecule has 0 spiro atoms. The van der Waals surface area contributed by atoms with Gasteiger partial charge in [0.2, 0.25) is 0 Å². The van der Waals surface area contributed by atoms with Crippen molar-refractivity contribution in [3.8, 4) is 0 Å². The van der Waals surface area contributed by atoms with Crippen LogP contribution in [-0.4, -0.2) is 51.6 Å². The molecule has 0 bridgehead atoms. The van der Waals surface area contributed by atoms with E-state index in [1.807, 2.05) is 16.5 Å². The number of aromatic nitrogens is 2. The average Bonchev–Trinajstić information content (AvgIpc) is 2.83. The summed E-state index contributed by atoms with van der Waals surface area (Å²) in [7, 11) is 0. The lowest BCUT2D eigenvalue weighted by molar-refractivity contribution is 0.131. The van der Waals surface area contributed by atoms with Gasteiger partial charge in [-0.25, -0.2) is 4.79 Å². The lowest BCUT2D eigenvalue weighted by Crippen LogP contribution is -2.49. The molecule has 2 unspecified atom stereocenters. The first kappa shape index (κ1) is 17.8. The van der Waals surface area contributed by atoms with Gasteiger partial charge in [0.15, 0.2) is 0 Å². The summed E-state index contributed by atoms with van der Waals surface area (Å²) in [5.74, 6) is 0.318. The van der Waals surface area contributed by atoms with E-state index < -0.39 is 0 Å². The molecule has 0 saturated carbocycles. The van der Waals surface area contributed by atoms with E-state index in [9.17, 15) is 4.79 Å². The molecule has 1 aromatic heterocycles. The number of aliphatic hydroxyl groups excluding tert-OH is 1. The van der Waals surface area contributed by atoms with E-state index in [4.69, 9.17) is 5.11 Å². The fourth-order valence-corrected chi connectivity index (χ4v) is 3.30. The van der Waals surface area contributed by atoms with Crippen LogP contribution in [0.25, 0.3) is 0 Å². The van der Waals surface area contributed by atoms with E-state index in [1.54, 1.807) is 0 Å². The minimum Gasteiger partial charge on any atom is -0.396 e. The Morgan fingerprint density at radius 2 is 2.26 bits per heavy atom.